The number of ether oxygens (including phenoxy) is 2. The van der Waals surface area contributed by atoms with Gasteiger partial charge < -0.3 is 29.6 Å². The van der Waals surface area contributed by atoms with E-state index in [-0.39, 0.29) is 22.8 Å². The zero-order valence-corrected chi connectivity index (χ0v) is 12.3. The van der Waals surface area contributed by atoms with E-state index in [1.54, 1.807) is 31.4 Å². The van der Waals surface area contributed by atoms with Crippen LogP contribution in [0.3, 0.4) is 0 Å². The van der Waals surface area contributed by atoms with Gasteiger partial charge in [0.05, 0.1) is 18.9 Å². The van der Waals surface area contributed by atoms with Gasteiger partial charge in [-0.3, -0.25) is 0 Å². The van der Waals surface area contributed by atoms with E-state index >= 15 is 0 Å². The maximum atomic E-state index is 11.6. The number of carbonyl (C=O) groups excluding carboxylic acids is 1. The van der Waals surface area contributed by atoms with Crippen LogP contribution in [0.25, 0.3) is 0 Å². The predicted molar refractivity (Wildman–Crippen MR) is 80.9 cm³/mol. The first-order valence-electron chi connectivity index (χ1n) is 7.05. The van der Waals surface area contributed by atoms with Crippen LogP contribution < -0.4 is 9.47 Å². The number of carbonyl (C=O) groups is 1. The Morgan fingerprint density at radius 3 is 2.48 bits per heavy atom. The summed E-state index contributed by atoms with van der Waals surface area (Å²) in [6.45, 7) is 0. The van der Waals surface area contributed by atoms with Crippen molar-refractivity contribution < 1.29 is 29.6 Å². The number of aldehydes is 1. The molecule has 0 aromatic heterocycles. The van der Waals surface area contributed by atoms with E-state index in [9.17, 15) is 20.1 Å². The predicted octanol–water partition coefficient (Wildman–Crippen LogP) is 1.88. The Bertz CT molecular complexity index is 725. The molecular formula is C17H16O6. The fourth-order valence-electron chi connectivity index (χ4n) is 2.94. The number of hydrogen-bond donors (Lipinski definition) is 3. The molecule has 1 heterocycles. The molecule has 3 atom stereocenters. The minimum Gasteiger partial charge on any atom is -0.508 e. The molecule has 0 spiro atoms. The quantitative estimate of drug-likeness (QED) is 0.748. The summed E-state index contributed by atoms with van der Waals surface area (Å²) < 4.78 is 10.5. The van der Waals surface area contributed by atoms with E-state index in [0.717, 1.165) is 6.07 Å². The zero-order valence-electron chi connectivity index (χ0n) is 12.3. The topological polar surface area (TPSA) is 96.2 Å². The molecule has 6 heteroatoms. The summed E-state index contributed by atoms with van der Waals surface area (Å²) in [6, 6.07) is 9.30. The molecule has 0 fully saturated rings. The Morgan fingerprint density at radius 1 is 1.17 bits per heavy atom. The number of hydrogen-bond acceptors (Lipinski definition) is 6. The summed E-state index contributed by atoms with van der Waals surface area (Å²) in [5, 5.41) is 29.9. The average Bonchev–Trinajstić information content (AvgIpc) is 2.53. The number of phenolic OH excluding ortho intramolecular Hbond substituents is 2. The first-order valence-corrected chi connectivity index (χ1v) is 7.05. The van der Waals surface area contributed by atoms with Crippen molar-refractivity contribution in [1.29, 1.82) is 0 Å². The highest BCUT2D eigenvalue weighted by molar-refractivity contribution is 5.71. The molecule has 0 saturated heterocycles. The van der Waals surface area contributed by atoms with Gasteiger partial charge in [0.2, 0.25) is 6.29 Å². The van der Waals surface area contributed by atoms with Gasteiger partial charge in [0.15, 0.2) is 0 Å². The summed E-state index contributed by atoms with van der Waals surface area (Å²) in [5.74, 6) is -1.19. The Morgan fingerprint density at radius 2 is 1.87 bits per heavy atom. The van der Waals surface area contributed by atoms with Crippen molar-refractivity contribution in [3.63, 3.8) is 0 Å². The van der Waals surface area contributed by atoms with Crippen LogP contribution in [-0.4, -0.2) is 35.0 Å². The van der Waals surface area contributed by atoms with Gasteiger partial charge in [-0.15, -0.1) is 0 Å². The van der Waals surface area contributed by atoms with Crippen molar-refractivity contribution in [3.05, 3.63) is 47.5 Å². The lowest BCUT2D eigenvalue weighted by Gasteiger charge is -2.35. The molecule has 0 amide bonds. The van der Waals surface area contributed by atoms with E-state index < -0.39 is 18.1 Å². The van der Waals surface area contributed by atoms with Crippen LogP contribution in [0.1, 0.15) is 23.0 Å². The van der Waals surface area contributed by atoms with E-state index in [0.29, 0.717) is 17.6 Å². The fraction of sp³-hybridized carbons (Fsp3) is 0.235. The first-order chi connectivity index (χ1) is 11.0. The molecule has 2 aromatic rings. The third-order valence-electron chi connectivity index (χ3n) is 4.03. The van der Waals surface area contributed by atoms with E-state index in [1.807, 2.05) is 0 Å². The van der Waals surface area contributed by atoms with Crippen molar-refractivity contribution >= 4 is 6.29 Å². The number of aromatic hydroxyl groups is 2. The maximum absolute atomic E-state index is 11.6. The summed E-state index contributed by atoms with van der Waals surface area (Å²) in [5.41, 5.74) is 0.928. The summed E-state index contributed by atoms with van der Waals surface area (Å²) in [4.78, 5) is 11.6. The lowest BCUT2D eigenvalue weighted by atomic mass is 9.79. The molecule has 3 rings (SSSR count). The second-order valence-electron chi connectivity index (χ2n) is 5.35. The van der Waals surface area contributed by atoms with Crippen molar-refractivity contribution in [3.8, 4) is 23.0 Å². The Kier molecular flexibility index (Phi) is 3.83. The lowest BCUT2D eigenvalue weighted by molar-refractivity contribution is -0.115. The number of benzene rings is 2. The van der Waals surface area contributed by atoms with Crippen molar-refractivity contribution in [2.45, 2.75) is 18.1 Å². The lowest BCUT2D eigenvalue weighted by Crippen LogP contribution is -2.35. The zero-order chi connectivity index (χ0) is 16.6. The molecule has 0 saturated carbocycles. The number of fused-ring (bicyclic) bond motifs is 1. The van der Waals surface area contributed by atoms with Gasteiger partial charge in [0.25, 0.3) is 0 Å². The number of phenols is 2. The van der Waals surface area contributed by atoms with Crippen LogP contribution in [0.2, 0.25) is 0 Å². The number of methoxy groups -OCH3 is 1. The van der Waals surface area contributed by atoms with Gasteiger partial charge in [-0.25, -0.2) is 0 Å². The highest BCUT2D eigenvalue weighted by atomic mass is 16.6. The highest BCUT2D eigenvalue weighted by Crippen LogP contribution is 2.48. The van der Waals surface area contributed by atoms with Crippen molar-refractivity contribution in [2.24, 2.45) is 0 Å². The Labute approximate surface area is 132 Å². The molecule has 23 heavy (non-hydrogen) atoms. The van der Waals surface area contributed by atoms with Crippen LogP contribution in [0.15, 0.2) is 36.4 Å². The van der Waals surface area contributed by atoms with Crippen LogP contribution >= 0.6 is 0 Å². The van der Waals surface area contributed by atoms with E-state index in [4.69, 9.17) is 9.47 Å². The minimum atomic E-state index is -1.28. The summed E-state index contributed by atoms with van der Waals surface area (Å²) >= 11 is 0. The molecule has 0 aliphatic carbocycles. The van der Waals surface area contributed by atoms with Gasteiger partial charge in [-0.05, 0) is 17.7 Å². The second-order valence-corrected chi connectivity index (χ2v) is 5.35. The molecule has 0 radical (unpaired) electrons. The molecule has 6 nitrogen and oxygen atoms in total. The van der Waals surface area contributed by atoms with E-state index in [2.05, 4.69) is 0 Å². The van der Waals surface area contributed by atoms with Crippen LogP contribution in [0, 0.1) is 0 Å². The standard InChI is InChI=1S/C17H16O6/c1-22-11-4-2-9(3-5-11)15-12(8-18)16-13(20)6-10(19)7-14(16)23-17(15)21/h2-8,12,15,17,19-21H,1H3. The molecule has 0 bridgehead atoms. The monoisotopic (exact) mass is 316 g/mol. The minimum absolute atomic E-state index is 0.0943. The Hall–Kier alpha value is -2.73. The normalized spacial score (nSPS) is 22.8. The first kappa shape index (κ1) is 15.2. The summed E-state index contributed by atoms with van der Waals surface area (Å²) in [6.07, 6.45) is -0.622. The number of rotatable bonds is 3. The molecule has 120 valence electrons. The van der Waals surface area contributed by atoms with Crippen LogP contribution in [0.4, 0.5) is 0 Å². The van der Waals surface area contributed by atoms with Gasteiger partial charge in [0.1, 0.15) is 29.3 Å². The fourth-order valence-corrected chi connectivity index (χ4v) is 2.94. The Balaban J connectivity index is 2.08. The molecule has 3 unspecified atom stereocenters. The van der Waals surface area contributed by atoms with E-state index in [1.165, 1.54) is 6.07 Å². The summed E-state index contributed by atoms with van der Waals surface area (Å²) in [7, 11) is 1.54. The van der Waals surface area contributed by atoms with Gasteiger partial charge in [0, 0.05) is 17.7 Å². The number of aliphatic hydroxyl groups is 1. The number of aliphatic hydroxyl groups excluding tert-OH is 1. The third-order valence-corrected chi connectivity index (χ3v) is 4.03. The van der Waals surface area contributed by atoms with Crippen LogP contribution in [-0.2, 0) is 4.79 Å². The SMILES string of the molecule is COc1ccc(C2C(O)Oc3cc(O)cc(O)c3C2C=O)cc1. The second kappa shape index (κ2) is 5.81. The third kappa shape index (κ3) is 2.57. The smallest absolute Gasteiger partial charge is 0.205 e. The van der Waals surface area contributed by atoms with Gasteiger partial charge in [-0.2, -0.15) is 0 Å². The molecular weight excluding hydrogens is 300 g/mol. The highest BCUT2D eigenvalue weighted by Gasteiger charge is 2.40. The largest absolute Gasteiger partial charge is 0.508 e. The molecule has 2 aromatic carbocycles. The maximum Gasteiger partial charge on any atom is 0.205 e. The molecule has 1 aliphatic rings. The molecule has 3 N–H and O–H groups in total. The molecule has 1 aliphatic heterocycles. The van der Waals surface area contributed by atoms with Crippen LogP contribution in [0.5, 0.6) is 23.0 Å². The average molecular weight is 316 g/mol. The van der Waals surface area contributed by atoms with Crippen molar-refractivity contribution in [1.82, 2.24) is 0 Å². The van der Waals surface area contributed by atoms with Gasteiger partial charge in [-0.1, -0.05) is 12.1 Å². The van der Waals surface area contributed by atoms with Crippen molar-refractivity contribution in [2.75, 3.05) is 7.11 Å². The van der Waals surface area contributed by atoms with Gasteiger partial charge >= 0.3 is 0 Å².